The summed E-state index contributed by atoms with van der Waals surface area (Å²) in [5.74, 6) is 3.97. The average Bonchev–Trinajstić information content (AvgIpc) is 3.07. The molecule has 1 aromatic heterocycles. The molecule has 0 bridgehead atoms. The second kappa shape index (κ2) is 10.8. The number of amides is 1. The van der Waals surface area contributed by atoms with Crippen molar-refractivity contribution < 1.29 is 28.6 Å². The lowest BCUT2D eigenvalue weighted by atomic mass is 9.98. The van der Waals surface area contributed by atoms with E-state index >= 15 is 0 Å². The van der Waals surface area contributed by atoms with Crippen molar-refractivity contribution in [3.05, 3.63) is 53.0 Å². The minimum absolute atomic E-state index is 0.132. The van der Waals surface area contributed by atoms with Crippen LogP contribution in [0.5, 0.6) is 0 Å². The first-order valence-electron chi connectivity index (χ1n) is 11.2. The number of hydrogen-bond acceptors (Lipinski definition) is 6. The summed E-state index contributed by atoms with van der Waals surface area (Å²) in [4.78, 5) is 30.6. The summed E-state index contributed by atoms with van der Waals surface area (Å²) in [5.41, 5.74) is -0.122. The number of esters is 1. The Hall–Kier alpha value is -3.28. The predicted octanol–water partition coefficient (Wildman–Crippen LogP) is 2.83. The summed E-state index contributed by atoms with van der Waals surface area (Å²) in [6.07, 6.45) is 0.751. The summed E-state index contributed by atoms with van der Waals surface area (Å²) in [6.45, 7) is 4.82. The van der Waals surface area contributed by atoms with E-state index in [1.165, 1.54) is 23.1 Å². The first-order valence-corrected chi connectivity index (χ1v) is 11.2. The number of likely N-dealkylation sites (tertiary alicyclic amines) is 1. The maximum Gasteiger partial charge on any atom is 0.357 e. The first kappa shape index (κ1) is 25.3. The van der Waals surface area contributed by atoms with Gasteiger partial charge in [0.05, 0.1) is 12.3 Å². The van der Waals surface area contributed by atoms with Gasteiger partial charge in [-0.3, -0.25) is 4.79 Å². The number of hydrogen-bond donors (Lipinski definition) is 1. The van der Waals surface area contributed by atoms with Crippen LogP contribution in [-0.2, 0) is 20.7 Å². The van der Waals surface area contributed by atoms with Gasteiger partial charge in [0, 0.05) is 44.9 Å². The minimum Gasteiger partial charge on any atom is -0.461 e. The third-order valence-corrected chi connectivity index (χ3v) is 5.63. The largest absolute Gasteiger partial charge is 0.461 e. The van der Waals surface area contributed by atoms with Crippen LogP contribution in [0.25, 0.3) is 11.3 Å². The number of carbonyl (C=O) groups is 2. The minimum atomic E-state index is -1.75. The summed E-state index contributed by atoms with van der Waals surface area (Å²) in [5, 5.41) is 10.5. The third kappa shape index (κ3) is 5.61. The van der Waals surface area contributed by atoms with Gasteiger partial charge >= 0.3 is 5.97 Å². The van der Waals surface area contributed by atoms with Crippen LogP contribution in [0.1, 0.15) is 41.9 Å². The Bertz CT molecular complexity index is 1140. The Morgan fingerprint density at radius 3 is 2.76 bits per heavy atom. The van der Waals surface area contributed by atoms with Gasteiger partial charge in [-0.1, -0.05) is 24.8 Å². The number of aliphatic hydroxyl groups is 1. The van der Waals surface area contributed by atoms with E-state index in [0.29, 0.717) is 30.7 Å². The zero-order valence-electron chi connectivity index (χ0n) is 19.9. The molecule has 7 nitrogen and oxygen atoms in total. The molecule has 2 atom stereocenters. The SMILES string of the molecule is CCOC(=O)c1nc(-c2cc(C#C[C@]3(O)CCN(C)C3=O)ccc2F)ccc1CC(C)COC. The molecule has 2 heterocycles. The van der Waals surface area contributed by atoms with E-state index in [4.69, 9.17) is 9.47 Å². The standard InChI is InChI=1S/C26H29FN2O5/c1-5-34-24(30)23-19(14-17(2)16-33-4)7-9-22(28-23)20-15-18(6-8-21(20)27)10-11-26(32)12-13-29(3)25(26)31/h6-9,15,17,32H,5,12-14,16H2,1-4H3/t17?,26-/m0/s1. The zero-order valence-corrected chi connectivity index (χ0v) is 19.9. The molecule has 1 saturated heterocycles. The quantitative estimate of drug-likeness (QED) is 0.497. The fourth-order valence-corrected chi connectivity index (χ4v) is 3.84. The number of methoxy groups -OCH3 is 1. The average molecular weight is 469 g/mol. The lowest BCUT2D eigenvalue weighted by molar-refractivity contribution is -0.137. The van der Waals surface area contributed by atoms with E-state index < -0.39 is 23.3 Å². The monoisotopic (exact) mass is 468 g/mol. The Kier molecular flexibility index (Phi) is 8.02. The molecule has 0 aliphatic carbocycles. The van der Waals surface area contributed by atoms with Crippen molar-refractivity contribution in [2.24, 2.45) is 5.92 Å². The smallest absolute Gasteiger partial charge is 0.357 e. The van der Waals surface area contributed by atoms with Crippen LogP contribution < -0.4 is 0 Å². The molecule has 3 rings (SSSR count). The Balaban J connectivity index is 1.98. The topological polar surface area (TPSA) is 89.0 Å². The highest BCUT2D eigenvalue weighted by Gasteiger charge is 2.42. The number of benzene rings is 1. The predicted molar refractivity (Wildman–Crippen MR) is 124 cm³/mol. The van der Waals surface area contributed by atoms with Gasteiger partial charge in [-0.05, 0) is 49.1 Å². The van der Waals surface area contributed by atoms with Gasteiger partial charge in [-0.25, -0.2) is 14.2 Å². The van der Waals surface area contributed by atoms with E-state index in [1.807, 2.05) is 6.92 Å². The Morgan fingerprint density at radius 1 is 1.35 bits per heavy atom. The highest BCUT2D eigenvalue weighted by atomic mass is 19.1. The zero-order chi connectivity index (χ0) is 24.9. The van der Waals surface area contributed by atoms with Gasteiger partial charge < -0.3 is 19.5 Å². The molecule has 8 heteroatoms. The number of nitrogens with zero attached hydrogens (tertiary/aromatic N) is 2. The fraction of sp³-hybridized carbons (Fsp3) is 0.423. The molecule has 2 aromatic rings. The second-order valence-electron chi connectivity index (χ2n) is 8.47. The van der Waals surface area contributed by atoms with Gasteiger partial charge in [0.2, 0.25) is 5.60 Å². The second-order valence-corrected chi connectivity index (χ2v) is 8.47. The number of ether oxygens (including phenoxy) is 2. The molecule has 1 aliphatic rings. The van der Waals surface area contributed by atoms with Gasteiger partial charge in [-0.2, -0.15) is 0 Å². The maximum absolute atomic E-state index is 14.7. The number of pyridine rings is 1. The van der Waals surface area contributed by atoms with Gasteiger partial charge in [0.1, 0.15) is 5.82 Å². The van der Waals surface area contributed by atoms with Gasteiger partial charge in [0.15, 0.2) is 5.69 Å². The molecular weight excluding hydrogens is 439 g/mol. The molecule has 180 valence electrons. The van der Waals surface area contributed by atoms with Gasteiger partial charge in [-0.15, -0.1) is 0 Å². The molecule has 0 spiro atoms. The molecule has 1 aromatic carbocycles. The van der Waals surface area contributed by atoms with Crippen molar-refractivity contribution in [3.8, 4) is 23.1 Å². The van der Waals surface area contributed by atoms with Crippen molar-refractivity contribution in [2.45, 2.75) is 32.3 Å². The highest BCUT2D eigenvalue weighted by molar-refractivity contribution is 5.91. The number of aromatic nitrogens is 1. The molecular formula is C26H29FN2O5. The van der Waals surface area contributed by atoms with Crippen LogP contribution in [0, 0.1) is 23.6 Å². The van der Waals surface area contributed by atoms with Crippen molar-refractivity contribution in [3.63, 3.8) is 0 Å². The summed E-state index contributed by atoms with van der Waals surface area (Å²) in [6, 6.07) is 7.58. The summed E-state index contributed by atoms with van der Waals surface area (Å²) >= 11 is 0. The molecule has 1 unspecified atom stereocenters. The molecule has 0 saturated carbocycles. The molecule has 0 radical (unpaired) electrons. The molecule has 1 fully saturated rings. The van der Waals surface area contributed by atoms with E-state index in [9.17, 15) is 19.1 Å². The number of halogens is 1. The highest BCUT2D eigenvalue weighted by Crippen LogP contribution is 2.26. The van der Waals surface area contributed by atoms with E-state index in [-0.39, 0.29) is 35.9 Å². The number of rotatable bonds is 7. The van der Waals surface area contributed by atoms with Crippen molar-refractivity contribution in [1.29, 1.82) is 0 Å². The van der Waals surface area contributed by atoms with Crippen LogP contribution in [-0.4, -0.2) is 66.4 Å². The van der Waals surface area contributed by atoms with Crippen LogP contribution >= 0.6 is 0 Å². The Morgan fingerprint density at radius 2 is 2.12 bits per heavy atom. The number of likely N-dealkylation sites (N-methyl/N-ethyl adjacent to an activating group) is 1. The van der Waals surface area contributed by atoms with Gasteiger partial charge in [0.25, 0.3) is 5.91 Å². The molecule has 34 heavy (non-hydrogen) atoms. The number of carbonyl (C=O) groups excluding carboxylic acids is 2. The maximum atomic E-state index is 14.7. The van der Waals surface area contributed by atoms with Crippen molar-refractivity contribution in [1.82, 2.24) is 9.88 Å². The fourth-order valence-electron chi connectivity index (χ4n) is 3.84. The molecule has 1 amide bonds. The molecule has 1 N–H and O–H groups in total. The third-order valence-electron chi connectivity index (χ3n) is 5.63. The van der Waals surface area contributed by atoms with Crippen molar-refractivity contribution in [2.75, 3.05) is 33.9 Å². The molecule has 1 aliphatic heterocycles. The summed E-state index contributed by atoms with van der Waals surface area (Å²) in [7, 11) is 3.22. The van der Waals surface area contributed by atoms with Crippen LogP contribution in [0.2, 0.25) is 0 Å². The first-order chi connectivity index (χ1) is 16.2. The lowest BCUT2D eigenvalue weighted by Gasteiger charge is -2.14. The summed E-state index contributed by atoms with van der Waals surface area (Å²) < 4.78 is 25.1. The normalized spacial score (nSPS) is 18.4. The van der Waals surface area contributed by atoms with Crippen LogP contribution in [0.15, 0.2) is 30.3 Å². The van der Waals surface area contributed by atoms with E-state index in [0.717, 1.165) is 0 Å². The van der Waals surface area contributed by atoms with Crippen molar-refractivity contribution >= 4 is 11.9 Å². The Labute approximate surface area is 198 Å². The van der Waals surface area contributed by atoms with Crippen LogP contribution in [0.4, 0.5) is 4.39 Å². The van der Waals surface area contributed by atoms with E-state index in [2.05, 4.69) is 16.8 Å². The lowest BCUT2D eigenvalue weighted by Crippen LogP contribution is -2.37. The van der Waals surface area contributed by atoms with Crippen LogP contribution in [0.3, 0.4) is 0 Å². The van der Waals surface area contributed by atoms with E-state index in [1.54, 1.807) is 33.2 Å².